The molecule has 0 aliphatic carbocycles. The van der Waals surface area contributed by atoms with Crippen molar-refractivity contribution >= 4 is 22.6 Å². The van der Waals surface area contributed by atoms with Gasteiger partial charge in [-0.1, -0.05) is 6.58 Å². The zero-order valence-electron chi connectivity index (χ0n) is 19.5. The normalized spacial score (nSPS) is 17.5. The molecule has 0 saturated carbocycles. The first-order valence-corrected chi connectivity index (χ1v) is 11.4. The van der Waals surface area contributed by atoms with Gasteiger partial charge in [-0.2, -0.15) is 5.10 Å². The van der Waals surface area contributed by atoms with E-state index in [4.69, 9.17) is 5.10 Å². The monoisotopic (exact) mass is 521 g/mol. The lowest BCUT2D eigenvalue weighted by Gasteiger charge is -2.49. The van der Waals surface area contributed by atoms with Crippen LogP contribution in [0.15, 0.2) is 48.9 Å². The van der Waals surface area contributed by atoms with Gasteiger partial charge in [-0.05, 0) is 30.3 Å². The van der Waals surface area contributed by atoms with Gasteiger partial charge in [0.15, 0.2) is 11.5 Å². The molecule has 9 nitrogen and oxygen atoms in total. The molecule has 196 valence electrons. The van der Waals surface area contributed by atoms with Crippen molar-refractivity contribution in [2.45, 2.75) is 12.3 Å². The van der Waals surface area contributed by atoms with Gasteiger partial charge in [0.2, 0.25) is 0 Å². The first-order chi connectivity index (χ1) is 17.5. The summed E-state index contributed by atoms with van der Waals surface area (Å²) >= 11 is 0. The number of hydrogen-bond acceptors (Lipinski definition) is 7. The minimum absolute atomic E-state index is 0.181. The van der Waals surface area contributed by atoms with Gasteiger partial charge in [0.05, 0.1) is 41.1 Å². The van der Waals surface area contributed by atoms with Crippen molar-refractivity contribution in [1.82, 2.24) is 19.7 Å². The highest BCUT2D eigenvalue weighted by molar-refractivity contribution is 5.95. The number of alkyl halides is 3. The largest absolute Gasteiger partial charge is 0.573 e. The summed E-state index contributed by atoms with van der Waals surface area (Å²) in [6.45, 7) is 3.88. The van der Waals surface area contributed by atoms with Gasteiger partial charge in [0, 0.05) is 38.3 Å². The van der Waals surface area contributed by atoms with Crippen molar-refractivity contribution in [2.24, 2.45) is 5.41 Å². The van der Waals surface area contributed by atoms with Gasteiger partial charge in [0.25, 0.3) is 5.91 Å². The number of amides is 1. The highest BCUT2D eigenvalue weighted by Crippen LogP contribution is 2.42. The molecule has 0 spiro atoms. The second-order valence-corrected chi connectivity index (χ2v) is 9.35. The average molecular weight is 521 g/mol. The molecule has 5 rings (SSSR count). The number of carbonyl (C=O) groups is 1. The lowest BCUT2D eigenvalue weighted by atomic mass is 9.80. The van der Waals surface area contributed by atoms with Gasteiger partial charge in [-0.25, -0.2) is 14.1 Å². The first-order valence-electron chi connectivity index (χ1n) is 11.4. The first kappa shape index (κ1) is 25.0. The summed E-state index contributed by atoms with van der Waals surface area (Å²) in [6.07, 6.45) is -3.25. The number of likely N-dealkylation sites (tertiary alicyclic amines) is 1. The number of aliphatic hydroxyl groups is 2. The fourth-order valence-electron chi connectivity index (χ4n) is 4.74. The number of carbonyl (C=O) groups excluding carboxylic acids is 1. The average Bonchev–Trinajstić information content (AvgIpc) is 3.17. The number of hydrogen-bond donors (Lipinski definition) is 2. The summed E-state index contributed by atoms with van der Waals surface area (Å²) in [5, 5.41) is 24.8. The molecule has 0 unspecified atom stereocenters. The van der Waals surface area contributed by atoms with Crippen molar-refractivity contribution in [3.8, 4) is 11.4 Å². The smallest absolute Gasteiger partial charge is 0.406 e. The van der Waals surface area contributed by atoms with E-state index in [0.717, 1.165) is 5.69 Å². The van der Waals surface area contributed by atoms with E-state index in [-0.39, 0.29) is 38.0 Å². The minimum Gasteiger partial charge on any atom is -0.406 e. The van der Waals surface area contributed by atoms with Crippen LogP contribution in [0.2, 0.25) is 0 Å². The van der Waals surface area contributed by atoms with Crippen LogP contribution in [0.5, 0.6) is 5.75 Å². The Bertz CT molecular complexity index is 1340. The molecule has 2 aliphatic heterocycles. The Hall–Kier alpha value is -3.71. The Labute approximate surface area is 208 Å². The number of nitrogens with zero attached hydrogens (tertiary/aromatic N) is 5. The van der Waals surface area contributed by atoms with Gasteiger partial charge >= 0.3 is 6.36 Å². The summed E-state index contributed by atoms with van der Waals surface area (Å²) in [6, 6.07) is 6.95. The Morgan fingerprint density at radius 2 is 1.78 bits per heavy atom. The van der Waals surface area contributed by atoms with Gasteiger partial charge in [-0.15, -0.1) is 13.2 Å². The number of pyridine rings is 1. The molecule has 2 aromatic heterocycles. The molecular formula is C24H23F4N5O4. The van der Waals surface area contributed by atoms with Crippen molar-refractivity contribution in [3.63, 3.8) is 0 Å². The van der Waals surface area contributed by atoms with Crippen molar-refractivity contribution in [1.29, 1.82) is 0 Å². The molecule has 13 heteroatoms. The quantitative estimate of drug-likeness (QED) is 0.364. The van der Waals surface area contributed by atoms with Crippen LogP contribution in [-0.4, -0.2) is 81.5 Å². The molecule has 37 heavy (non-hydrogen) atoms. The van der Waals surface area contributed by atoms with E-state index < -0.39 is 23.5 Å². The van der Waals surface area contributed by atoms with Crippen LogP contribution in [0.3, 0.4) is 0 Å². The van der Waals surface area contributed by atoms with E-state index in [1.54, 1.807) is 12.3 Å². The van der Waals surface area contributed by atoms with Crippen LogP contribution in [-0.2, 0) is 4.79 Å². The number of benzene rings is 1. The topological polar surface area (TPSA) is 104 Å². The molecule has 2 aliphatic rings. The highest BCUT2D eigenvalue weighted by Gasteiger charge is 2.44. The fraction of sp³-hybridized carbons (Fsp3) is 0.375. The van der Waals surface area contributed by atoms with Crippen LogP contribution in [0.1, 0.15) is 11.6 Å². The minimum atomic E-state index is -4.82. The zero-order valence-corrected chi connectivity index (χ0v) is 19.5. The number of aromatic nitrogens is 3. The Morgan fingerprint density at radius 3 is 2.35 bits per heavy atom. The van der Waals surface area contributed by atoms with Crippen molar-refractivity contribution in [3.05, 3.63) is 54.6 Å². The Kier molecular flexibility index (Phi) is 6.07. The molecule has 0 atom stereocenters. The molecule has 0 radical (unpaired) electrons. The van der Waals surface area contributed by atoms with E-state index in [2.05, 4.69) is 16.3 Å². The van der Waals surface area contributed by atoms with Gasteiger partial charge in [-0.3, -0.25) is 4.79 Å². The second-order valence-electron chi connectivity index (χ2n) is 9.35. The summed E-state index contributed by atoms with van der Waals surface area (Å²) in [5.41, 5.74) is 1.57. The molecule has 2 N–H and O–H groups in total. The summed E-state index contributed by atoms with van der Waals surface area (Å²) in [4.78, 5) is 19.7. The molecule has 3 aromatic rings. The Balaban J connectivity index is 1.54. The van der Waals surface area contributed by atoms with Crippen LogP contribution in [0.4, 0.5) is 23.2 Å². The Morgan fingerprint density at radius 1 is 1.14 bits per heavy atom. The SMILES string of the molecule is C=C(F)C(=O)N1CC(c2nn(-c3ccc(OC(F)(F)F)cc3)c3nccc(N4CC(CO)(CO)C4)c23)C1. The maximum Gasteiger partial charge on any atom is 0.573 e. The molecule has 0 bridgehead atoms. The van der Waals surface area contributed by atoms with E-state index in [1.165, 1.54) is 33.8 Å². The van der Waals surface area contributed by atoms with E-state index in [1.807, 2.05) is 4.90 Å². The van der Waals surface area contributed by atoms with Gasteiger partial charge in [0.1, 0.15) is 5.75 Å². The van der Waals surface area contributed by atoms with E-state index in [0.29, 0.717) is 35.5 Å². The lowest BCUT2D eigenvalue weighted by Crippen LogP contribution is -2.60. The van der Waals surface area contributed by atoms with Crippen LogP contribution >= 0.6 is 0 Å². The summed E-state index contributed by atoms with van der Waals surface area (Å²) < 4.78 is 56.5. The number of anilines is 1. The fourth-order valence-corrected chi connectivity index (χ4v) is 4.74. The molecular weight excluding hydrogens is 498 g/mol. The number of aliphatic hydroxyl groups excluding tert-OH is 2. The third-order valence-electron chi connectivity index (χ3n) is 6.74. The maximum atomic E-state index is 13.3. The van der Waals surface area contributed by atoms with Crippen LogP contribution in [0.25, 0.3) is 16.7 Å². The molecule has 1 amide bonds. The number of halogens is 4. The molecule has 2 fully saturated rings. The van der Waals surface area contributed by atoms with Crippen molar-refractivity contribution < 1.29 is 37.3 Å². The predicted molar refractivity (Wildman–Crippen MR) is 124 cm³/mol. The molecule has 2 saturated heterocycles. The number of rotatable bonds is 7. The second kappa shape index (κ2) is 8.99. The number of ether oxygens (including phenoxy) is 1. The van der Waals surface area contributed by atoms with Crippen LogP contribution in [0, 0.1) is 5.41 Å². The predicted octanol–water partition coefficient (Wildman–Crippen LogP) is 2.52. The van der Waals surface area contributed by atoms with Crippen LogP contribution < -0.4 is 9.64 Å². The maximum absolute atomic E-state index is 13.3. The summed E-state index contributed by atoms with van der Waals surface area (Å²) in [7, 11) is 0. The van der Waals surface area contributed by atoms with Crippen molar-refractivity contribution in [2.75, 3.05) is 44.3 Å². The molecule has 1 aromatic carbocycles. The highest BCUT2D eigenvalue weighted by atomic mass is 19.4. The van der Waals surface area contributed by atoms with E-state index in [9.17, 15) is 32.6 Å². The van der Waals surface area contributed by atoms with Gasteiger partial charge < -0.3 is 24.7 Å². The zero-order chi connectivity index (χ0) is 26.5. The third kappa shape index (κ3) is 4.48. The summed E-state index contributed by atoms with van der Waals surface area (Å²) in [5.74, 6) is -2.48. The lowest BCUT2D eigenvalue weighted by molar-refractivity contribution is -0.274. The molecule has 4 heterocycles. The van der Waals surface area contributed by atoms with E-state index >= 15 is 0 Å². The standard InChI is InChI=1S/C24H23F4N5O4/c1-14(25)22(36)31-8-15(9-31)20-19-18(32-10-23(11-32,12-34)13-35)6-7-29-21(19)33(30-20)16-2-4-17(5-3-16)37-24(26,27)28/h2-7,15,34-35H,1,8-13H2. The number of fused-ring (bicyclic) bond motifs is 1. The third-order valence-corrected chi connectivity index (χ3v) is 6.74.